The lowest BCUT2D eigenvalue weighted by molar-refractivity contribution is -0.131. The average Bonchev–Trinajstić information content (AvgIpc) is 2.80. The van der Waals surface area contributed by atoms with Gasteiger partial charge in [0.1, 0.15) is 0 Å². The smallest absolute Gasteiger partial charge is 0.327 e. The first-order valence-corrected chi connectivity index (χ1v) is 10.3. The zero-order valence-corrected chi connectivity index (χ0v) is 19.0. The second-order valence-electron chi connectivity index (χ2n) is 5.71. The van der Waals surface area contributed by atoms with Crippen LogP contribution in [-0.4, -0.2) is 134 Å². The maximum absolute atomic E-state index is 9.25. The van der Waals surface area contributed by atoms with Crippen molar-refractivity contribution < 1.29 is 58.0 Å². The minimum atomic E-state index is -0.981. The summed E-state index contributed by atoms with van der Waals surface area (Å²) in [6.07, 6.45) is -0.0602. The van der Waals surface area contributed by atoms with Crippen LogP contribution in [0.4, 0.5) is 0 Å². The Hall–Kier alpha value is -1.19. The molecule has 0 fully saturated rings. The first kappa shape index (κ1) is 33.0. The Morgan fingerprint density at radius 1 is 0.719 bits per heavy atom. The third kappa shape index (κ3) is 33.4. The Morgan fingerprint density at radius 3 is 1.25 bits per heavy atom. The van der Waals surface area contributed by atoms with Gasteiger partial charge in [-0.2, -0.15) is 0 Å². The summed E-state index contributed by atoms with van der Waals surface area (Å²) in [5.74, 6) is -0.981. The number of aliphatic carboxylic acids is 1. The Balaban J connectivity index is 0. The van der Waals surface area contributed by atoms with Crippen molar-refractivity contribution in [1.82, 2.24) is 0 Å². The molecule has 12 heteroatoms. The Bertz CT molecular complexity index is 384. The van der Waals surface area contributed by atoms with Crippen molar-refractivity contribution in [1.29, 1.82) is 0 Å². The van der Waals surface area contributed by atoms with Crippen molar-refractivity contribution in [2.24, 2.45) is 0 Å². The number of ether oxygens (including phenoxy) is 8. The zero-order valence-electron chi connectivity index (χ0n) is 19.0. The van der Waals surface area contributed by atoms with Gasteiger partial charge in [0.05, 0.1) is 99.1 Å². The highest BCUT2D eigenvalue weighted by molar-refractivity contribution is 5.78. The number of carbonyl (C=O) groups is 1. The molecule has 192 valence electrons. The number of aliphatic hydroxyl groups is 2. The van der Waals surface area contributed by atoms with Crippen LogP contribution in [0, 0.1) is 0 Å². The fourth-order valence-electron chi connectivity index (χ4n) is 1.64. The molecule has 0 aliphatic heterocycles. The van der Waals surface area contributed by atoms with E-state index in [-0.39, 0.29) is 13.2 Å². The van der Waals surface area contributed by atoms with E-state index in [1.807, 2.05) is 0 Å². The van der Waals surface area contributed by atoms with Gasteiger partial charge in [0, 0.05) is 13.2 Å². The van der Waals surface area contributed by atoms with E-state index >= 15 is 0 Å². The SMILES string of the molecule is C=CC(=O)O.COC(O)COCCOCCOCCOCCOCCOCCOCCO. The Kier molecular flexibility index (Phi) is 30.7. The van der Waals surface area contributed by atoms with Gasteiger partial charge in [-0.3, -0.25) is 0 Å². The van der Waals surface area contributed by atoms with Crippen LogP contribution in [-0.2, 0) is 42.7 Å². The maximum atomic E-state index is 9.25. The molecule has 0 bridgehead atoms. The number of rotatable bonds is 24. The van der Waals surface area contributed by atoms with Crippen LogP contribution in [0.1, 0.15) is 0 Å². The highest BCUT2D eigenvalue weighted by Gasteiger charge is 2.00. The predicted octanol–water partition coefficient (Wildman–Crippen LogP) is -0.683. The van der Waals surface area contributed by atoms with E-state index in [1.165, 1.54) is 7.11 Å². The van der Waals surface area contributed by atoms with Gasteiger partial charge in [-0.1, -0.05) is 6.58 Å². The number of aliphatic hydroxyl groups excluding tert-OH is 2. The summed E-state index contributed by atoms with van der Waals surface area (Å²) in [6.45, 7) is 9.23. The van der Waals surface area contributed by atoms with E-state index in [1.54, 1.807) is 0 Å². The zero-order chi connectivity index (χ0) is 24.1. The molecule has 0 aromatic heterocycles. The normalized spacial score (nSPS) is 11.6. The molecule has 3 N–H and O–H groups in total. The van der Waals surface area contributed by atoms with Crippen LogP contribution in [0.15, 0.2) is 12.7 Å². The summed E-state index contributed by atoms with van der Waals surface area (Å²) in [5, 5.41) is 25.2. The van der Waals surface area contributed by atoms with Crippen molar-refractivity contribution in [2.75, 3.05) is 106 Å². The molecule has 0 amide bonds. The number of carboxylic acid groups (broad SMARTS) is 1. The van der Waals surface area contributed by atoms with Gasteiger partial charge in [-0.15, -0.1) is 0 Å². The molecule has 1 unspecified atom stereocenters. The molecule has 0 heterocycles. The summed E-state index contributed by atoms with van der Waals surface area (Å²) >= 11 is 0. The molecule has 0 saturated heterocycles. The monoisotopic (exact) mass is 472 g/mol. The van der Waals surface area contributed by atoms with Gasteiger partial charge in [0.15, 0.2) is 6.29 Å². The molecule has 0 aliphatic carbocycles. The van der Waals surface area contributed by atoms with Gasteiger partial charge in [0.25, 0.3) is 0 Å². The largest absolute Gasteiger partial charge is 0.478 e. The average molecular weight is 473 g/mol. The van der Waals surface area contributed by atoms with Gasteiger partial charge in [-0.25, -0.2) is 4.79 Å². The molecule has 12 nitrogen and oxygen atoms in total. The van der Waals surface area contributed by atoms with Gasteiger partial charge in [0.2, 0.25) is 0 Å². The number of carboxylic acids is 1. The second kappa shape index (κ2) is 29.8. The summed E-state index contributed by atoms with van der Waals surface area (Å²) in [5.41, 5.74) is 0. The summed E-state index contributed by atoms with van der Waals surface area (Å²) in [4.78, 5) is 9.25. The molecule has 1 atom stereocenters. The maximum Gasteiger partial charge on any atom is 0.327 e. The molecule has 0 radical (unpaired) electrons. The van der Waals surface area contributed by atoms with E-state index < -0.39 is 12.3 Å². The fourth-order valence-corrected chi connectivity index (χ4v) is 1.64. The van der Waals surface area contributed by atoms with Gasteiger partial charge < -0.3 is 53.2 Å². The van der Waals surface area contributed by atoms with Gasteiger partial charge >= 0.3 is 5.97 Å². The van der Waals surface area contributed by atoms with Crippen LogP contribution in [0.3, 0.4) is 0 Å². The number of methoxy groups -OCH3 is 1. The first-order valence-electron chi connectivity index (χ1n) is 10.3. The highest BCUT2D eigenvalue weighted by Crippen LogP contribution is 1.87. The van der Waals surface area contributed by atoms with Crippen LogP contribution in [0.25, 0.3) is 0 Å². The molecule has 0 aromatic rings. The standard InChI is InChI=1S/C17H36O10.C3H4O2/c1-20-17(19)16-27-15-14-26-13-12-25-11-10-24-9-8-23-7-6-22-5-4-21-3-2-18;1-2-3(4)5/h17-19H,2-16H2,1H3;2H,1H2,(H,4,5). The lowest BCUT2D eigenvalue weighted by atomic mass is 10.6. The van der Waals surface area contributed by atoms with Crippen molar-refractivity contribution in [3.63, 3.8) is 0 Å². The van der Waals surface area contributed by atoms with Crippen LogP contribution >= 0.6 is 0 Å². The Labute approximate surface area is 189 Å². The molecule has 0 aromatic carbocycles. The summed E-state index contributed by atoms with van der Waals surface area (Å²) < 4.78 is 41.5. The van der Waals surface area contributed by atoms with Crippen LogP contribution < -0.4 is 0 Å². The number of hydrogen-bond donors (Lipinski definition) is 3. The van der Waals surface area contributed by atoms with Crippen molar-refractivity contribution >= 4 is 5.97 Å². The van der Waals surface area contributed by atoms with E-state index in [0.717, 1.165) is 6.08 Å². The van der Waals surface area contributed by atoms with E-state index in [0.29, 0.717) is 85.9 Å². The molecule has 0 rings (SSSR count). The topological polar surface area (TPSA) is 152 Å². The summed E-state index contributed by atoms with van der Waals surface area (Å²) in [6, 6.07) is 0. The fraction of sp³-hybridized carbons (Fsp3) is 0.850. The molecule has 0 saturated carbocycles. The molecule has 0 aliphatic rings. The second-order valence-corrected chi connectivity index (χ2v) is 5.71. The van der Waals surface area contributed by atoms with Crippen molar-refractivity contribution in [3.8, 4) is 0 Å². The lowest BCUT2D eigenvalue weighted by Gasteiger charge is -2.10. The van der Waals surface area contributed by atoms with Crippen LogP contribution in [0.2, 0.25) is 0 Å². The Morgan fingerprint density at radius 2 is 1.00 bits per heavy atom. The first-order chi connectivity index (χ1) is 15.6. The van der Waals surface area contributed by atoms with E-state index in [9.17, 15) is 4.79 Å². The van der Waals surface area contributed by atoms with Gasteiger partial charge in [-0.05, 0) is 0 Å². The van der Waals surface area contributed by atoms with Crippen LogP contribution in [0.5, 0.6) is 0 Å². The third-order valence-electron chi connectivity index (χ3n) is 3.17. The van der Waals surface area contributed by atoms with Crippen molar-refractivity contribution in [3.05, 3.63) is 12.7 Å². The third-order valence-corrected chi connectivity index (χ3v) is 3.17. The minimum Gasteiger partial charge on any atom is -0.478 e. The predicted molar refractivity (Wildman–Crippen MR) is 114 cm³/mol. The number of hydrogen-bond acceptors (Lipinski definition) is 11. The summed E-state index contributed by atoms with van der Waals surface area (Å²) in [7, 11) is 1.41. The molecule has 32 heavy (non-hydrogen) atoms. The van der Waals surface area contributed by atoms with E-state index in [2.05, 4.69) is 11.3 Å². The quantitative estimate of drug-likeness (QED) is 0.0927. The molecular formula is C20H40O12. The lowest BCUT2D eigenvalue weighted by Crippen LogP contribution is -2.19. The van der Waals surface area contributed by atoms with E-state index in [4.69, 9.17) is 48.5 Å². The molecular weight excluding hydrogens is 432 g/mol. The van der Waals surface area contributed by atoms with Crippen molar-refractivity contribution in [2.45, 2.75) is 6.29 Å². The molecule has 0 spiro atoms. The highest BCUT2D eigenvalue weighted by atomic mass is 16.6. The minimum absolute atomic E-state index is 0.0273.